The van der Waals surface area contributed by atoms with Gasteiger partial charge < -0.3 is 4.98 Å². The number of fused-ring (bicyclic) bond motifs is 1. The molecule has 3 aromatic rings. The molecule has 0 saturated heterocycles. The first-order valence-corrected chi connectivity index (χ1v) is 6.38. The third kappa shape index (κ3) is 2.00. The van der Waals surface area contributed by atoms with Crippen LogP contribution in [0.15, 0.2) is 42.5 Å². The van der Waals surface area contributed by atoms with Crippen molar-refractivity contribution in [1.29, 1.82) is 0 Å². The molecular formula is C15H13ClN2. The summed E-state index contributed by atoms with van der Waals surface area (Å²) >= 11 is 5.89. The highest BCUT2D eigenvalue weighted by atomic mass is 35.5. The number of aromatic amines is 1. The maximum Gasteiger partial charge on any atom is 0.138 e. The van der Waals surface area contributed by atoms with E-state index >= 15 is 0 Å². The molecule has 0 spiro atoms. The summed E-state index contributed by atoms with van der Waals surface area (Å²) in [5, 5.41) is 0.739. The number of nitrogens with zero attached hydrogens (tertiary/aromatic N) is 1. The number of aryl methyl sites for hydroxylation is 1. The number of imidazole rings is 1. The van der Waals surface area contributed by atoms with Crippen LogP contribution in [0.5, 0.6) is 0 Å². The van der Waals surface area contributed by atoms with Gasteiger partial charge in [0.05, 0.1) is 11.0 Å². The van der Waals surface area contributed by atoms with Gasteiger partial charge in [-0.2, -0.15) is 0 Å². The summed E-state index contributed by atoms with van der Waals surface area (Å²) in [6.45, 7) is 2.15. The number of aromatic nitrogens is 2. The lowest BCUT2D eigenvalue weighted by atomic mass is 10.1. The van der Waals surface area contributed by atoms with Crippen molar-refractivity contribution in [3.8, 4) is 11.4 Å². The Morgan fingerprint density at radius 1 is 1.11 bits per heavy atom. The van der Waals surface area contributed by atoms with Gasteiger partial charge in [-0.15, -0.1) is 0 Å². The van der Waals surface area contributed by atoms with Crippen LogP contribution >= 0.6 is 11.6 Å². The fourth-order valence-corrected chi connectivity index (χ4v) is 2.15. The van der Waals surface area contributed by atoms with E-state index in [2.05, 4.69) is 35.1 Å². The van der Waals surface area contributed by atoms with Gasteiger partial charge in [0, 0.05) is 10.6 Å². The maximum atomic E-state index is 5.89. The van der Waals surface area contributed by atoms with Crippen molar-refractivity contribution < 1.29 is 0 Å². The molecule has 0 aliphatic carbocycles. The number of nitrogens with one attached hydrogen (secondary N) is 1. The van der Waals surface area contributed by atoms with Gasteiger partial charge in [-0.05, 0) is 48.4 Å². The molecule has 0 saturated carbocycles. The van der Waals surface area contributed by atoms with Gasteiger partial charge in [0.15, 0.2) is 0 Å². The average Bonchev–Trinajstić information content (AvgIpc) is 2.82. The first kappa shape index (κ1) is 11.3. The van der Waals surface area contributed by atoms with Gasteiger partial charge >= 0.3 is 0 Å². The maximum absolute atomic E-state index is 5.89. The second kappa shape index (κ2) is 4.46. The molecule has 1 heterocycles. The molecule has 0 bridgehead atoms. The molecule has 1 N–H and O–H groups in total. The molecule has 2 nitrogen and oxygen atoms in total. The lowest BCUT2D eigenvalue weighted by Gasteiger charge is -1.95. The number of H-pyrrole nitrogens is 1. The number of hydrogen-bond donors (Lipinski definition) is 1. The molecule has 0 fully saturated rings. The summed E-state index contributed by atoms with van der Waals surface area (Å²) in [5.41, 5.74) is 4.44. The van der Waals surface area contributed by atoms with E-state index in [9.17, 15) is 0 Å². The normalized spacial score (nSPS) is 11.0. The molecular weight excluding hydrogens is 244 g/mol. The molecule has 0 atom stereocenters. The lowest BCUT2D eigenvalue weighted by Crippen LogP contribution is -1.79. The van der Waals surface area contributed by atoms with E-state index in [4.69, 9.17) is 11.6 Å². The monoisotopic (exact) mass is 256 g/mol. The topological polar surface area (TPSA) is 28.7 Å². The summed E-state index contributed by atoms with van der Waals surface area (Å²) < 4.78 is 0. The van der Waals surface area contributed by atoms with E-state index < -0.39 is 0 Å². The fraction of sp³-hybridized carbons (Fsp3) is 0.133. The molecule has 90 valence electrons. The predicted octanol–water partition coefficient (Wildman–Crippen LogP) is 4.45. The van der Waals surface area contributed by atoms with Gasteiger partial charge in [0.2, 0.25) is 0 Å². The molecule has 18 heavy (non-hydrogen) atoms. The van der Waals surface area contributed by atoms with Crippen molar-refractivity contribution in [2.24, 2.45) is 0 Å². The zero-order valence-corrected chi connectivity index (χ0v) is 10.8. The lowest BCUT2D eigenvalue weighted by molar-refractivity contribution is 1.14. The van der Waals surface area contributed by atoms with Gasteiger partial charge in [-0.25, -0.2) is 4.98 Å². The smallest absolute Gasteiger partial charge is 0.138 e. The van der Waals surface area contributed by atoms with Crippen LogP contribution in [-0.4, -0.2) is 9.97 Å². The van der Waals surface area contributed by atoms with Crippen LogP contribution in [-0.2, 0) is 6.42 Å². The highest BCUT2D eigenvalue weighted by Gasteiger charge is 2.05. The first-order chi connectivity index (χ1) is 8.76. The molecule has 0 aliphatic heterocycles. The Balaban J connectivity index is 2.10. The van der Waals surface area contributed by atoms with Crippen molar-refractivity contribution >= 4 is 22.6 Å². The minimum Gasteiger partial charge on any atom is -0.338 e. The number of hydrogen-bond acceptors (Lipinski definition) is 1. The minimum absolute atomic E-state index is 0.739. The standard InChI is InChI=1S/C15H13ClN2/c1-2-10-3-8-13-14(9-10)18-15(17-13)11-4-6-12(16)7-5-11/h3-9H,2H2,1H3,(H,17,18). The molecule has 2 aromatic carbocycles. The van der Waals surface area contributed by atoms with E-state index in [-0.39, 0.29) is 0 Å². The summed E-state index contributed by atoms with van der Waals surface area (Å²) in [6, 6.07) is 14.0. The Labute approximate surface area is 111 Å². The van der Waals surface area contributed by atoms with Gasteiger partial charge in [0.25, 0.3) is 0 Å². The van der Waals surface area contributed by atoms with Gasteiger partial charge in [-0.3, -0.25) is 0 Å². The fourth-order valence-electron chi connectivity index (χ4n) is 2.02. The Kier molecular flexibility index (Phi) is 2.80. The molecule has 3 heteroatoms. The quantitative estimate of drug-likeness (QED) is 0.721. The molecule has 0 amide bonds. The Morgan fingerprint density at radius 3 is 2.61 bits per heavy atom. The summed E-state index contributed by atoms with van der Waals surface area (Å²) in [5.74, 6) is 0.884. The summed E-state index contributed by atoms with van der Waals surface area (Å²) in [7, 11) is 0. The van der Waals surface area contributed by atoms with Crippen molar-refractivity contribution in [2.45, 2.75) is 13.3 Å². The van der Waals surface area contributed by atoms with Crippen molar-refractivity contribution in [2.75, 3.05) is 0 Å². The van der Waals surface area contributed by atoms with E-state index in [0.717, 1.165) is 33.9 Å². The average molecular weight is 257 g/mol. The highest BCUT2D eigenvalue weighted by Crippen LogP contribution is 2.22. The third-order valence-corrected chi connectivity index (χ3v) is 3.32. The van der Waals surface area contributed by atoms with E-state index in [0.29, 0.717) is 0 Å². The van der Waals surface area contributed by atoms with Gasteiger partial charge in [-0.1, -0.05) is 24.6 Å². The zero-order chi connectivity index (χ0) is 12.5. The van der Waals surface area contributed by atoms with Crippen LogP contribution < -0.4 is 0 Å². The molecule has 0 unspecified atom stereocenters. The number of halogens is 1. The Morgan fingerprint density at radius 2 is 1.89 bits per heavy atom. The first-order valence-electron chi connectivity index (χ1n) is 6.01. The SMILES string of the molecule is CCc1ccc2nc(-c3ccc(Cl)cc3)[nH]c2c1. The van der Waals surface area contributed by atoms with Gasteiger partial charge in [0.1, 0.15) is 5.82 Å². The molecule has 3 rings (SSSR count). The largest absolute Gasteiger partial charge is 0.338 e. The van der Waals surface area contributed by atoms with Crippen molar-refractivity contribution in [3.63, 3.8) is 0 Å². The number of benzene rings is 2. The van der Waals surface area contributed by atoms with Crippen molar-refractivity contribution in [3.05, 3.63) is 53.1 Å². The molecule has 0 aliphatic rings. The zero-order valence-electron chi connectivity index (χ0n) is 10.1. The second-order valence-electron chi connectivity index (χ2n) is 4.30. The summed E-state index contributed by atoms with van der Waals surface area (Å²) in [4.78, 5) is 7.94. The highest BCUT2D eigenvalue weighted by molar-refractivity contribution is 6.30. The van der Waals surface area contributed by atoms with Crippen LogP contribution in [0.4, 0.5) is 0 Å². The van der Waals surface area contributed by atoms with Crippen LogP contribution in [0, 0.1) is 0 Å². The predicted molar refractivity (Wildman–Crippen MR) is 75.9 cm³/mol. The van der Waals surface area contributed by atoms with Crippen LogP contribution in [0.1, 0.15) is 12.5 Å². The van der Waals surface area contributed by atoms with E-state index in [1.54, 1.807) is 0 Å². The number of rotatable bonds is 2. The minimum atomic E-state index is 0.739. The van der Waals surface area contributed by atoms with E-state index in [1.807, 2.05) is 24.3 Å². The molecule has 1 aromatic heterocycles. The third-order valence-electron chi connectivity index (χ3n) is 3.07. The van der Waals surface area contributed by atoms with Crippen LogP contribution in [0.3, 0.4) is 0 Å². The van der Waals surface area contributed by atoms with Crippen LogP contribution in [0.25, 0.3) is 22.4 Å². The van der Waals surface area contributed by atoms with Crippen molar-refractivity contribution in [1.82, 2.24) is 9.97 Å². The second-order valence-corrected chi connectivity index (χ2v) is 4.73. The molecule has 0 radical (unpaired) electrons. The Hall–Kier alpha value is -1.80. The Bertz CT molecular complexity index is 683. The van der Waals surface area contributed by atoms with E-state index in [1.165, 1.54) is 5.56 Å². The summed E-state index contributed by atoms with van der Waals surface area (Å²) in [6.07, 6.45) is 1.03. The van der Waals surface area contributed by atoms with Crippen LogP contribution in [0.2, 0.25) is 5.02 Å².